The van der Waals surface area contributed by atoms with Gasteiger partial charge < -0.3 is 14.8 Å². The first-order valence-electron chi connectivity index (χ1n) is 5.66. The molecular weight excluding hydrogens is 254 g/mol. The molecule has 4 nitrogen and oxygen atoms in total. The Bertz CT molecular complexity index is 423. The molecule has 0 aliphatic heterocycles. The predicted molar refractivity (Wildman–Crippen MR) is 72.3 cm³/mol. The molecule has 0 fully saturated rings. The molecule has 18 heavy (non-hydrogen) atoms. The standard InChI is InChI=1S/C13H18ClNO3/c1-8(9(2)17-3)15-12-7-10(14)5-6-11(12)13(16)18-4/h5-9,15H,1-4H3. The van der Waals surface area contributed by atoms with Gasteiger partial charge in [-0.3, -0.25) is 0 Å². The first kappa shape index (κ1) is 14.8. The molecule has 0 heterocycles. The lowest BCUT2D eigenvalue weighted by Crippen LogP contribution is -2.30. The maximum Gasteiger partial charge on any atom is 0.339 e. The first-order chi connectivity index (χ1) is 8.49. The van der Waals surface area contributed by atoms with Crippen molar-refractivity contribution in [2.45, 2.75) is 26.0 Å². The second-order valence-electron chi connectivity index (χ2n) is 4.06. The Morgan fingerprint density at radius 3 is 2.56 bits per heavy atom. The van der Waals surface area contributed by atoms with Crippen molar-refractivity contribution in [2.75, 3.05) is 19.5 Å². The van der Waals surface area contributed by atoms with Gasteiger partial charge in [-0.25, -0.2) is 4.79 Å². The van der Waals surface area contributed by atoms with Gasteiger partial charge in [0.2, 0.25) is 0 Å². The van der Waals surface area contributed by atoms with Crippen LogP contribution in [0.15, 0.2) is 18.2 Å². The van der Waals surface area contributed by atoms with Crippen LogP contribution in [-0.4, -0.2) is 32.3 Å². The topological polar surface area (TPSA) is 47.6 Å². The van der Waals surface area contributed by atoms with E-state index in [2.05, 4.69) is 5.32 Å². The molecule has 1 rings (SSSR count). The van der Waals surface area contributed by atoms with Crippen LogP contribution < -0.4 is 5.32 Å². The molecular formula is C13H18ClNO3. The van der Waals surface area contributed by atoms with Gasteiger partial charge in [0.1, 0.15) is 0 Å². The minimum Gasteiger partial charge on any atom is -0.465 e. The lowest BCUT2D eigenvalue weighted by molar-refractivity contribution is 0.0601. The predicted octanol–water partition coefficient (Wildman–Crippen LogP) is 2.96. The number of anilines is 1. The summed E-state index contributed by atoms with van der Waals surface area (Å²) in [5, 5.41) is 3.76. The number of methoxy groups -OCH3 is 2. The van der Waals surface area contributed by atoms with E-state index in [1.54, 1.807) is 25.3 Å². The van der Waals surface area contributed by atoms with Crippen molar-refractivity contribution in [1.82, 2.24) is 0 Å². The molecule has 1 N–H and O–H groups in total. The molecule has 2 unspecified atom stereocenters. The number of carbonyl (C=O) groups is 1. The molecule has 0 aliphatic rings. The highest BCUT2D eigenvalue weighted by Gasteiger charge is 2.16. The number of esters is 1. The largest absolute Gasteiger partial charge is 0.465 e. The van der Waals surface area contributed by atoms with Gasteiger partial charge in [-0.15, -0.1) is 0 Å². The number of rotatable bonds is 5. The minimum absolute atomic E-state index is 0.00878. The Balaban J connectivity index is 2.99. The number of ether oxygens (including phenoxy) is 2. The lowest BCUT2D eigenvalue weighted by atomic mass is 10.1. The van der Waals surface area contributed by atoms with Gasteiger partial charge in [-0.05, 0) is 32.0 Å². The molecule has 1 aromatic carbocycles. The first-order valence-corrected chi connectivity index (χ1v) is 6.04. The Morgan fingerprint density at radius 1 is 1.33 bits per heavy atom. The summed E-state index contributed by atoms with van der Waals surface area (Å²) in [7, 11) is 2.99. The molecule has 5 heteroatoms. The smallest absolute Gasteiger partial charge is 0.339 e. The van der Waals surface area contributed by atoms with Crippen LogP contribution in [0.3, 0.4) is 0 Å². The third kappa shape index (κ3) is 3.62. The molecule has 2 atom stereocenters. The fraction of sp³-hybridized carbons (Fsp3) is 0.462. The minimum atomic E-state index is -0.397. The van der Waals surface area contributed by atoms with E-state index in [-0.39, 0.29) is 12.1 Å². The van der Waals surface area contributed by atoms with Crippen LogP contribution in [0.2, 0.25) is 5.02 Å². The number of hydrogen-bond acceptors (Lipinski definition) is 4. The van der Waals surface area contributed by atoms with E-state index in [0.29, 0.717) is 16.3 Å². The number of nitrogens with one attached hydrogen (secondary N) is 1. The number of benzene rings is 1. The van der Waals surface area contributed by atoms with Gasteiger partial charge >= 0.3 is 5.97 Å². The zero-order valence-corrected chi connectivity index (χ0v) is 11.7. The summed E-state index contributed by atoms with van der Waals surface area (Å²) in [6.07, 6.45) is 0.00878. The van der Waals surface area contributed by atoms with E-state index < -0.39 is 5.97 Å². The zero-order valence-electron chi connectivity index (χ0n) is 11.0. The number of halogens is 1. The summed E-state index contributed by atoms with van der Waals surface area (Å²) in [6.45, 7) is 3.91. The van der Waals surface area contributed by atoms with Gasteiger partial charge in [0, 0.05) is 18.2 Å². The van der Waals surface area contributed by atoms with Crippen LogP contribution in [0.4, 0.5) is 5.69 Å². The lowest BCUT2D eigenvalue weighted by Gasteiger charge is -2.22. The molecule has 0 spiro atoms. The normalized spacial score (nSPS) is 13.8. The van der Waals surface area contributed by atoms with Crippen LogP contribution in [0, 0.1) is 0 Å². The molecule has 0 saturated carbocycles. The summed E-state index contributed by atoms with van der Waals surface area (Å²) >= 11 is 5.94. The van der Waals surface area contributed by atoms with Crippen LogP contribution in [0.1, 0.15) is 24.2 Å². The summed E-state index contributed by atoms with van der Waals surface area (Å²) in [4.78, 5) is 11.6. The third-order valence-electron chi connectivity index (χ3n) is 2.85. The van der Waals surface area contributed by atoms with E-state index in [1.165, 1.54) is 7.11 Å². The molecule has 0 bridgehead atoms. The van der Waals surface area contributed by atoms with Crippen LogP contribution >= 0.6 is 11.6 Å². The van der Waals surface area contributed by atoms with Crippen molar-refractivity contribution in [3.05, 3.63) is 28.8 Å². The second kappa shape index (κ2) is 6.61. The van der Waals surface area contributed by atoms with Crippen molar-refractivity contribution >= 4 is 23.3 Å². The average molecular weight is 272 g/mol. The summed E-state index contributed by atoms with van der Waals surface area (Å²) in [5.41, 5.74) is 1.10. The molecule has 0 aliphatic carbocycles. The van der Waals surface area contributed by atoms with Gasteiger partial charge in [-0.2, -0.15) is 0 Å². The number of hydrogen-bond donors (Lipinski definition) is 1. The van der Waals surface area contributed by atoms with Gasteiger partial charge in [0.05, 0.1) is 24.5 Å². The van der Waals surface area contributed by atoms with E-state index in [9.17, 15) is 4.79 Å². The van der Waals surface area contributed by atoms with E-state index in [0.717, 1.165) is 0 Å². The highest BCUT2D eigenvalue weighted by molar-refractivity contribution is 6.31. The Kier molecular flexibility index (Phi) is 5.44. The van der Waals surface area contributed by atoms with Crippen LogP contribution in [-0.2, 0) is 9.47 Å². The highest BCUT2D eigenvalue weighted by Crippen LogP contribution is 2.23. The van der Waals surface area contributed by atoms with Crippen molar-refractivity contribution < 1.29 is 14.3 Å². The van der Waals surface area contributed by atoms with E-state index in [1.807, 2.05) is 13.8 Å². The Labute approximate surface area is 112 Å². The fourth-order valence-corrected chi connectivity index (χ4v) is 1.66. The van der Waals surface area contributed by atoms with Gasteiger partial charge in [0.25, 0.3) is 0 Å². The fourth-order valence-electron chi connectivity index (χ4n) is 1.49. The van der Waals surface area contributed by atoms with Crippen LogP contribution in [0.5, 0.6) is 0 Å². The van der Waals surface area contributed by atoms with Crippen molar-refractivity contribution in [3.63, 3.8) is 0 Å². The zero-order chi connectivity index (χ0) is 13.7. The highest BCUT2D eigenvalue weighted by atomic mass is 35.5. The van der Waals surface area contributed by atoms with Gasteiger partial charge in [-0.1, -0.05) is 11.6 Å². The summed E-state index contributed by atoms with van der Waals surface area (Å²) < 4.78 is 9.96. The Hall–Kier alpha value is -1.26. The SMILES string of the molecule is COC(=O)c1ccc(Cl)cc1NC(C)C(C)OC. The second-order valence-corrected chi connectivity index (χ2v) is 4.49. The van der Waals surface area contributed by atoms with Gasteiger partial charge in [0.15, 0.2) is 0 Å². The molecule has 0 aromatic heterocycles. The molecule has 100 valence electrons. The third-order valence-corrected chi connectivity index (χ3v) is 3.08. The van der Waals surface area contributed by atoms with Crippen molar-refractivity contribution in [3.8, 4) is 0 Å². The molecule has 0 saturated heterocycles. The molecule has 0 radical (unpaired) electrons. The van der Waals surface area contributed by atoms with Crippen molar-refractivity contribution in [1.29, 1.82) is 0 Å². The maximum atomic E-state index is 11.6. The van der Waals surface area contributed by atoms with E-state index in [4.69, 9.17) is 21.1 Å². The summed E-state index contributed by atoms with van der Waals surface area (Å²) in [5.74, 6) is -0.397. The van der Waals surface area contributed by atoms with E-state index >= 15 is 0 Å². The molecule has 0 amide bonds. The number of carbonyl (C=O) groups excluding carboxylic acids is 1. The quantitative estimate of drug-likeness (QED) is 0.837. The maximum absolute atomic E-state index is 11.6. The van der Waals surface area contributed by atoms with Crippen molar-refractivity contribution in [2.24, 2.45) is 0 Å². The monoisotopic (exact) mass is 271 g/mol. The average Bonchev–Trinajstić information content (AvgIpc) is 2.37. The summed E-state index contributed by atoms with van der Waals surface area (Å²) in [6, 6.07) is 5.04. The Morgan fingerprint density at radius 2 is 2.00 bits per heavy atom. The molecule has 1 aromatic rings. The van der Waals surface area contributed by atoms with Crippen LogP contribution in [0.25, 0.3) is 0 Å².